The summed E-state index contributed by atoms with van der Waals surface area (Å²) in [6.45, 7) is 6.39. The first-order chi connectivity index (χ1) is 15.0. The molecule has 0 spiro atoms. The molecular formula is C26H31FN2O2. The quantitative estimate of drug-likeness (QED) is 0.426. The van der Waals surface area contributed by atoms with Gasteiger partial charge in [0, 0.05) is 18.7 Å². The fourth-order valence-electron chi connectivity index (χ4n) is 3.65. The lowest BCUT2D eigenvalue weighted by Gasteiger charge is -2.27. The molecule has 0 saturated heterocycles. The second-order valence-electron chi connectivity index (χ2n) is 7.87. The van der Waals surface area contributed by atoms with E-state index in [1.165, 1.54) is 11.6 Å². The van der Waals surface area contributed by atoms with Gasteiger partial charge in [-0.3, -0.25) is 9.69 Å². The SMILES string of the molecule is CCCN(CC(=O)N(CCc1ccccc1)Cc1ccc(C)o1)Cc1ccccc1F. The zero-order valence-electron chi connectivity index (χ0n) is 18.4. The van der Waals surface area contributed by atoms with Gasteiger partial charge in [-0.1, -0.05) is 55.5 Å². The summed E-state index contributed by atoms with van der Waals surface area (Å²) in [6, 6.07) is 20.7. The van der Waals surface area contributed by atoms with Gasteiger partial charge in [-0.25, -0.2) is 4.39 Å². The van der Waals surface area contributed by atoms with Crippen LogP contribution in [0.1, 0.15) is 36.0 Å². The van der Waals surface area contributed by atoms with Gasteiger partial charge in [0.1, 0.15) is 17.3 Å². The van der Waals surface area contributed by atoms with Gasteiger partial charge in [0.15, 0.2) is 0 Å². The lowest BCUT2D eigenvalue weighted by atomic mass is 10.1. The number of aryl methyl sites for hydroxylation is 1. The first kappa shape index (κ1) is 22.8. The van der Waals surface area contributed by atoms with E-state index in [0.717, 1.165) is 30.9 Å². The van der Waals surface area contributed by atoms with Gasteiger partial charge < -0.3 is 9.32 Å². The van der Waals surface area contributed by atoms with Crippen LogP contribution >= 0.6 is 0 Å². The van der Waals surface area contributed by atoms with Crippen molar-refractivity contribution in [3.05, 3.63) is 95.2 Å². The van der Waals surface area contributed by atoms with E-state index in [1.54, 1.807) is 12.1 Å². The topological polar surface area (TPSA) is 36.7 Å². The highest BCUT2D eigenvalue weighted by Crippen LogP contribution is 2.14. The molecular weight excluding hydrogens is 391 g/mol. The maximum atomic E-state index is 14.2. The van der Waals surface area contributed by atoms with Gasteiger partial charge in [-0.05, 0) is 50.1 Å². The smallest absolute Gasteiger partial charge is 0.237 e. The van der Waals surface area contributed by atoms with Crippen LogP contribution in [0.4, 0.5) is 4.39 Å². The molecule has 0 fully saturated rings. The molecule has 0 aliphatic heterocycles. The van der Waals surface area contributed by atoms with Crippen LogP contribution in [0.15, 0.2) is 71.1 Å². The van der Waals surface area contributed by atoms with Crippen LogP contribution in [0.3, 0.4) is 0 Å². The fourth-order valence-corrected chi connectivity index (χ4v) is 3.65. The Morgan fingerprint density at radius 1 is 0.935 bits per heavy atom. The number of hydrogen-bond donors (Lipinski definition) is 0. The average molecular weight is 423 g/mol. The van der Waals surface area contributed by atoms with Gasteiger partial charge in [-0.2, -0.15) is 0 Å². The number of rotatable bonds is 11. The van der Waals surface area contributed by atoms with E-state index >= 15 is 0 Å². The predicted molar refractivity (Wildman–Crippen MR) is 121 cm³/mol. The second-order valence-corrected chi connectivity index (χ2v) is 7.87. The molecule has 2 aromatic carbocycles. The Bertz CT molecular complexity index is 955. The summed E-state index contributed by atoms with van der Waals surface area (Å²) < 4.78 is 19.9. The molecule has 5 heteroatoms. The van der Waals surface area contributed by atoms with Crippen molar-refractivity contribution in [3.8, 4) is 0 Å². The van der Waals surface area contributed by atoms with Crippen molar-refractivity contribution >= 4 is 5.91 Å². The summed E-state index contributed by atoms with van der Waals surface area (Å²) in [5.41, 5.74) is 1.80. The zero-order valence-corrected chi connectivity index (χ0v) is 18.4. The van der Waals surface area contributed by atoms with Gasteiger partial charge in [-0.15, -0.1) is 0 Å². The Kier molecular flexibility index (Phi) is 8.42. The van der Waals surface area contributed by atoms with Crippen molar-refractivity contribution in [1.29, 1.82) is 0 Å². The van der Waals surface area contributed by atoms with Crippen LogP contribution in [-0.4, -0.2) is 35.3 Å². The van der Waals surface area contributed by atoms with Crippen molar-refractivity contribution in [2.24, 2.45) is 0 Å². The van der Waals surface area contributed by atoms with Crippen LogP contribution in [0.2, 0.25) is 0 Å². The van der Waals surface area contributed by atoms with Crippen LogP contribution in [-0.2, 0) is 24.3 Å². The maximum Gasteiger partial charge on any atom is 0.237 e. The number of carbonyl (C=O) groups excluding carboxylic acids is 1. The zero-order chi connectivity index (χ0) is 22.1. The highest BCUT2D eigenvalue weighted by atomic mass is 19.1. The predicted octanol–water partition coefficient (Wildman–Crippen LogP) is 5.21. The molecule has 31 heavy (non-hydrogen) atoms. The van der Waals surface area contributed by atoms with E-state index in [-0.39, 0.29) is 18.3 Å². The number of benzene rings is 2. The fraction of sp³-hybridized carbons (Fsp3) is 0.346. The van der Waals surface area contributed by atoms with Crippen LogP contribution in [0.25, 0.3) is 0 Å². The largest absolute Gasteiger partial charge is 0.464 e. The summed E-state index contributed by atoms with van der Waals surface area (Å²) in [5, 5.41) is 0. The molecule has 4 nitrogen and oxygen atoms in total. The summed E-state index contributed by atoms with van der Waals surface area (Å²) in [7, 11) is 0. The lowest BCUT2D eigenvalue weighted by molar-refractivity contribution is -0.133. The second kappa shape index (κ2) is 11.5. The van der Waals surface area contributed by atoms with Gasteiger partial charge in [0.25, 0.3) is 0 Å². The molecule has 1 aromatic heterocycles. The molecule has 0 saturated carbocycles. The molecule has 0 atom stereocenters. The summed E-state index contributed by atoms with van der Waals surface area (Å²) in [6.07, 6.45) is 1.66. The third-order valence-electron chi connectivity index (χ3n) is 5.26. The molecule has 0 N–H and O–H groups in total. The molecule has 0 bridgehead atoms. The molecule has 0 radical (unpaired) electrons. The maximum absolute atomic E-state index is 14.2. The van der Waals surface area contributed by atoms with Gasteiger partial charge in [0.05, 0.1) is 13.1 Å². The highest BCUT2D eigenvalue weighted by Gasteiger charge is 2.20. The monoisotopic (exact) mass is 422 g/mol. The average Bonchev–Trinajstić information content (AvgIpc) is 3.18. The van der Waals surface area contributed by atoms with Crippen LogP contribution in [0, 0.1) is 12.7 Å². The van der Waals surface area contributed by atoms with Crippen LogP contribution < -0.4 is 0 Å². The van der Waals surface area contributed by atoms with E-state index in [4.69, 9.17) is 4.42 Å². The third-order valence-corrected chi connectivity index (χ3v) is 5.26. The number of nitrogens with zero attached hydrogens (tertiary/aromatic N) is 2. The summed E-state index contributed by atoms with van der Waals surface area (Å²) in [4.78, 5) is 17.1. The highest BCUT2D eigenvalue weighted by molar-refractivity contribution is 5.78. The first-order valence-electron chi connectivity index (χ1n) is 10.9. The van der Waals surface area contributed by atoms with Crippen molar-refractivity contribution in [2.45, 2.75) is 39.8 Å². The summed E-state index contributed by atoms with van der Waals surface area (Å²) in [5.74, 6) is 1.39. The summed E-state index contributed by atoms with van der Waals surface area (Å²) >= 11 is 0. The standard InChI is InChI=1S/C26H31FN2O2/c1-3-16-28(18-23-11-7-8-12-25(23)27)20-26(30)29(19-24-14-13-21(2)31-24)17-15-22-9-5-4-6-10-22/h4-14H,3,15-20H2,1-2H3. The van der Waals surface area contributed by atoms with E-state index in [1.807, 2.05) is 53.1 Å². The Morgan fingerprint density at radius 3 is 2.35 bits per heavy atom. The minimum atomic E-state index is -0.233. The molecule has 164 valence electrons. The Balaban J connectivity index is 1.70. The molecule has 0 unspecified atom stereocenters. The third kappa shape index (κ3) is 7.07. The Hall–Kier alpha value is -2.92. The molecule has 0 aliphatic rings. The number of amides is 1. The molecule has 3 rings (SSSR count). The molecule has 1 amide bonds. The van der Waals surface area contributed by atoms with Gasteiger partial charge >= 0.3 is 0 Å². The van der Waals surface area contributed by atoms with E-state index < -0.39 is 0 Å². The minimum absolute atomic E-state index is 0.0229. The minimum Gasteiger partial charge on any atom is -0.464 e. The number of hydrogen-bond acceptors (Lipinski definition) is 3. The van der Waals surface area contributed by atoms with E-state index in [2.05, 4.69) is 19.1 Å². The van der Waals surface area contributed by atoms with Crippen molar-refractivity contribution < 1.29 is 13.6 Å². The van der Waals surface area contributed by atoms with Gasteiger partial charge in [0.2, 0.25) is 5.91 Å². The van der Waals surface area contributed by atoms with Crippen molar-refractivity contribution in [2.75, 3.05) is 19.6 Å². The number of furan rings is 1. The Labute approximate surface area is 184 Å². The molecule has 1 heterocycles. The van der Waals surface area contributed by atoms with E-state index in [0.29, 0.717) is 25.2 Å². The van der Waals surface area contributed by atoms with Crippen molar-refractivity contribution in [3.63, 3.8) is 0 Å². The molecule has 0 aliphatic carbocycles. The first-order valence-corrected chi connectivity index (χ1v) is 10.9. The number of carbonyl (C=O) groups is 1. The Morgan fingerprint density at radius 2 is 1.68 bits per heavy atom. The lowest BCUT2D eigenvalue weighted by Crippen LogP contribution is -2.41. The molecule has 3 aromatic rings. The van der Waals surface area contributed by atoms with Crippen molar-refractivity contribution in [1.82, 2.24) is 9.80 Å². The van der Waals surface area contributed by atoms with Crippen LogP contribution in [0.5, 0.6) is 0 Å². The normalized spacial score (nSPS) is 11.1. The number of halogens is 1. The van der Waals surface area contributed by atoms with E-state index in [9.17, 15) is 9.18 Å².